The molecule has 2 N–H and O–H groups in total. The summed E-state index contributed by atoms with van der Waals surface area (Å²) < 4.78 is 38.5. The number of nitrogens with zero attached hydrogens (tertiary/aromatic N) is 2. The van der Waals surface area contributed by atoms with E-state index >= 15 is 0 Å². The molecule has 0 unspecified atom stereocenters. The number of aliphatic hydroxyl groups is 1. The third kappa shape index (κ3) is 4.59. The number of carbonyl (C=O) groups is 1. The second-order valence-electron chi connectivity index (χ2n) is 5.98. The number of rotatable bonds is 6. The first kappa shape index (κ1) is 18.5. The van der Waals surface area contributed by atoms with Gasteiger partial charge in [0.15, 0.2) is 0 Å². The van der Waals surface area contributed by atoms with Crippen molar-refractivity contribution < 1.29 is 23.1 Å². The summed E-state index contributed by atoms with van der Waals surface area (Å²) in [6, 6.07) is 3.69. The number of aliphatic hydroxyl groups excluding tert-OH is 1. The van der Waals surface area contributed by atoms with E-state index in [1.165, 1.54) is 6.07 Å². The second kappa shape index (κ2) is 7.83. The first-order valence-corrected chi connectivity index (χ1v) is 8.04. The van der Waals surface area contributed by atoms with Gasteiger partial charge in [-0.1, -0.05) is 19.4 Å². The average Bonchev–Trinajstić information content (AvgIpc) is 2.90. The number of nitrogens with one attached hydrogen (secondary N) is 1. The Balaban J connectivity index is 2.13. The lowest BCUT2D eigenvalue weighted by molar-refractivity contribution is -0.141. The maximum absolute atomic E-state index is 12.8. The summed E-state index contributed by atoms with van der Waals surface area (Å²) >= 11 is 0. The van der Waals surface area contributed by atoms with Gasteiger partial charge in [0.25, 0.3) is 0 Å². The molecule has 0 aliphatic carbocycles. The summed E-state index contributed by atoms with van der Waals surface area (Å²) in [6.07, 6.45) is -2.68. The topological polar surface area (TPSA) is 65.5 Å². The highest BCUT2D eigenvalue weighted by atomic mass is 19.4. The summed E-state index contributed by atoms with van der Waals surface area (Å²) in [5.74, 6) is 0.168. The molecule has 1 aromatic rings. The normalized spacial score (nSPS) is 21.1. The lowest BCUT2D eigenvalue weighted by atomic mass is 9.98. The van der Waals surface area contributed by atoms with E-state index in [2.05, 4.69) is 10.3 Å². The minimum atomic E-state index is -4.48. The van der Waals surface area contributed by atoms with Crippen LogP contribution >= 0.6 is 0 Å². The molecule has 0 radical (unpaired) electrons. The minimum absolute atomic E-state index is 0.0250. The summed E-state index contributed by atoms with van der Waals surface area (Å²) in [7, 11) is 0. The highest BCUT2D eigenvalue weighted by Gasteiger charge is 2.36. The summed E-state index contributed by atoms with van der Waals surface area (Å²) in [4.78, 5) is 17.2. The number of pyridine rings is 1. The largest absolute Gasteiger partial charge is 0.433 e. The molecular formula is C16H22F3N3O2. The number of amides is 1. The summed E-state index contributed by atoms with van der Waals surface area (Å²) in [5.41, 5.74) is -0.917. The van der Waals surface area contributed by atoms with Gasteiger partial charge in [-0.15, -0.1) is 0 Å². The van der Waals surface area contributed by atoms with Crippen molar-refractivity contribution in [3.05, 3.63) is 23.9 Å². The van der Waals surface area contributed by atoms with Gasteiger partial charge in [0.2, 0.25) is 5.91 Å². The highest BCUT2D eigenvalue weighted by Crippen LogP contribution is 2.31. The molecule has 24 heavy (non-hydrogen) atoms. The van der Waals surface area contributed by atoms with Crippen molar-refractivity contribution in [1.29, 1.82) is 0 Å². The van der Waals surface area contributed by atoms with Crippen LogP contribution < -0.4 is 10.2 Å². The number of aromatic nitrogens is 1. The van der Waals surface area contributed by atoms with Gasteiger partial charge in [-0.05, 0) is 24.5 Å². The van der Waals surface area contributed by atoms with Gasteiger partial charge in [-0.2, -0.15) is 13.2 Å². The Morgan fingerprint density at radius 1 is 1.42 bits per heavy atom. The maximum atomic E-state index is 12.8. The maximum Gasteiger partial charge on any atom is 0.433 e. The van der Waals surface area contributed by atoms with Crippen molar-refractivity contribution in [3.63, 3.8) is 0 Å². The van der Waals surface area contributed by atoms with Crippen LogP contribution in [0.5, 0.6) is 0 Å². The quantitative estimate of drug-likeness (QED) is 0.830. The van der Waals surface area contributed by atoms with E-state index in [-0.39, 0.29) is 36.7 Å². The molecule has 8 heteroatoms. The molecule has 1 fully saturated rings. The molecule has 0 saturated carbocycles. The third-order valence-corrected chi connectivity index (χ3v) is 4.13. The first-order valence-electron chi connectivity index (χ1n) is 8.04. The molecule has 2 rings (SSSR count). The van der Waals surface area contributed by atoms with Crippen LogP contribution in [0.15, 0.2) is 18.2 Å². The molecule has 1 saturated heterocycles. The van der Waals surface area contributed by atoms with Gasteiger partial charge >= 0.3 is 6.18 Å². The highest BCUT2D eigenvalue weighted by molar-refractivity contribution is 5.76. The number of hydrogen-bond acceptors (Lipinski definition) is 4. The van der Waals surface area contributed by atoms with Crippen molar-refractivity contribution in [2.75, 3.05) is 24.6 Å². The standard InChI is InChI=1S/C16H22F3N3O2/c1-2-4-11-9-22(10-12(11)20-15(24)7-8-23)14-6-3-5-13(21-14)16(17,18)19/h3,5-6,11-12,23H,2,4,7-10H2,1H3,(H,20,24)/t11-,12-/m0/s1. The Bertz CT molecular complexity index is 566. The Labute approximate surface area is 138 Å². The first-order chi connectivity index (χ1) is 11.3. The number of carbonyl (C=O) groups excluding carboxylic acids is 1. The lowest BCUT2D eigenvalue weighted by Gasteiger charge is -2.19. The Morgan fingerprint density at radius 2 is 2.17 bits per heavy atom. The molecule has 1 aromatic heterocycles. The zero-order chi connectivity index (χ0) is 17.7. The average molecular weight is 345 g/mol. The van der Waals surface area contributed by atoms with Gasteiger partial charge in [0, 0.05) is 19.5 Å². The Morgan fingerprint density at radius 3 is 2.79 bits per heavy atom. The predicted molar refractivity (Wildman–Crippen MR) is 83.5 cm³/mol. The fourth-order valence-electron chi connectivity index (χ4n) is 3.02. The van der Waals surface area contributed by atoms with Crippen molar-refractivity contribution in [2.24, 2.45) is 5.92 Å². The van der Waals surface area contributed by atoms with E-state index in [1.807, 2.05) is 6.92 Å². The lowest BCUT2D eigenvalue weighted by Crippen LogP contribution is -2.40. The molecule has 0 spiro atoms. The van der Waals surface area contributed by atoms with Crippen LogP contribution in [0.3, 0.4) is 0 Å². The molecule has 134 valence electrons. The fraction of sp³-hybridized carbons (Fsp3) is 0.625. The molecule has 2 heterocycles. The Kier molecular flexibility index (Phi) is 6.04. The van der Waals surface area contributed by atoms with Gasteiger partial charge in [0.05, 0.1) is 12.6 Å². The molecule has 0 bridgehead atoms. The van der Waals surface area contributed by atoms with Crippen LogP contribution in [-0.2, 0) is 11.0 Å². The van der Waals surface area contributed by atoms with Crippen LogP contribution in [0, 0.1) is 5.92 Å². The zero-order valence-electron chi connectivity index (χ0n) is 13.5. The van der Waals surface area contributed by atoms with Crippen molar-refractivity contribution >= 4 is 11.7 Å². The minimum Gasteiger partial charge on any atom is -0.396 e. The number of anilines is 1. The van der Waals surface area contributed by atoms with E-state index < -0.39 is 11.9 Å². The van der Waals surface area contributed by atoms with Crippen molar-refractivity contribution in [3.8, 4) is 0 Å². The summed E-state index contributed by atoms with van der Waals surface area (Å²) in [5, 5.41) is 11.7. The van der Waals surface area contributed by atoms with Gasteiger partial charge in [-0.3, -0.25) is 4.79 Å². The third-order valence-electron chi connectivity index (χ3n) is 4.13. The van der Waals surface area contributed by atoms with E-state index in [1.54, 1.807) is 11.0 Å². The fourth-order valence-corrected chi connectivity index (χ4v) is 3.02. The van der Waals surface area contributed by atoms with Crippen molar-refractivity contribution in [2.45, 2.75) is 38.4 Å². The van der Waals surface area contributed by atoms with Crippen LogP contribution in [0.2, 0.25) is 0 Å². The van der Waals surface area contributed by atoms with E-state index in [0.29, 0.717) is 13.1 Å². The molecule has 1 aliphatic heterocycles. The van der Waals surface area contributed by atoms with E-state index in [4.69, 9.17) is 5.11 Å². The van der Waals surface area contributed by atoms with Crippen LogP contribution in [0.25, 0.3) is 0 Å². The molecule has 1 amide bonds. The Hall–Kier alpha value is -1.83. The molecule has 1 aliphatic rings. The number of hydrogen-bond donors (Lipinski definition) is 2. The van der Waals surface area contributed by atoms with Crippen LogP contribution in [0.1, 0.15) is 31.9 Å². The molecular weight excluding hydrogens is 323 g/mol. The molecule has 2 atom stereocenters. The zero-order valence-corrected chi connectivity index (χ0v) is 13.5. The summed E-state index contributed by atoms with van der Waals surface area (Å²) in [6.45, 7) is 2.76. The van der Waals surface area contributed by atoms with E-state index in [9.17, 15) is 18.0 Å². The SMILES string of the molecule is CCC[C@H]1CN(c2cccc(C(F)(F)F)n2)C[C@@H]1NC(=O)CCO. The van der Waals surface area contributed by atoms with Gasteiger partial charge in [0.1, 0.15) is 11.5 Å². The second-order valence-corrected chi connectivity index (χ2v) is 5.98. The predicted octanol–water partition coefficient (Wildman–Crippen LogP) is 2.20. The van der Waals surface area contributed by atoms with E-state index in [0.717, 1.165) is 18.9 Å². The van der Waals surface area contributed by atoms with Crippen molar-refractivity contribution in [1.82, 2.24) is 10.3 Å². The van der Waals surface area contributed by atoms with Crippen LogP contribution in [-0.4, -0.2) is 41.7 Å². The number of halogens is 3. The van der Waals surface area contributed by atoms with Gasteiger partial charge in [-0.25, -0.2) is 4.98 Å². The molecule has 5 nitrogen and oxygen atoms in total. The smallest absolute Gasteiger partial charge is 0.396 e. The van der Waals surface area contributed by atoms with Crippen LogP contribution in [0.4, 0.5) is 19.0 Å². The number of alkyl halides is 3. The molecule has 0 aromatic carbocycles. The van der Waals surface area contributed by atoms with Gasteiger partial charge < -0.3 is 15.3 Å². The monoisotopic (exact) mass is 345 g/mol.